The first-order valence-electron chi connectivity index (χ1n) is 17.3. The van der Waals surface area contributed by atoms with E-state index in [0.717, 1.165) is 28.2 Å². The molecule has 0 fully saturated rings. The molecule has 1 aliphatic heterocycles. The normalized spacial score (nSPS) is 14.2. The van der Waals surface area contributed by atoms with Crippen LogP contribution in [-0.4, -0.2) is 4.57 Å². The van der Waals surface area contributed by atoms with Crippen molar-refractivity contribution in [3.05, 3.63) is 194 Å². The van der Waals surface area contributed by atoms with Crippen LogP contribution in [0.15, 0.2) is 189 Å². The number of thiophene rings is 1. The molecule has 1 aliphatic rings. The van der Waals surface area contributed by atoms with Gasteiger partial charge in [-0.25, -0.2) is 0 Å². The highest BCUT2D eigenvalue weighted by molar-refractivity contribution is 7.25. The molecule has 240 valence electrons. The Morgan fingerprint density at radius 1 is 0.451 bits per heavy atom. The van der Waals surface area contributed by atoms with Crippen molar-refractivity contribution < 1.29 is 0 Å². The van der Waals surface area contributed by atoms with Gasteiger partial charge in [-0.3, -0.25) is 0 Å². The summed E-state index contributed by atoms with van der Waals surface area (Å²) in [6, 6.07) is 57.4. The number of hydrogen-bond acceptors (Lipinski definition) is 2. The lowest BCUT2D eigenvalue weighted by Crippen LogP contribution is -2.11. The lowest BCUT2D eigenvalue weighted by atomic mass is 9.95. The second-order valence-corrected chi connectivity index (χ2v) is 14.2. The maximum atomic E-state index is 4.45. The molecule has 0 spiro atoms. The molecule has 51 heavy (non-hydrogen) atoms. The molecule has 0 N–H and O–H groups in total. The Morgan fingerprint density at radius 3 is 1.98 bits per heavy atom. The fourth-order valence-corrected chi connectivity index (χ4v) is 8.70. The Bertz CT molecular complexity index is 2870. The fourth-order valence-electron chi connectivity index (χ4n) is 7.61. The highest BCUT2D eigenvalue weighted by Gasteiger charge is 2.17. The zero-order chi connectivity index (χ0) is 33.9. The van der Waals surface area contributed by atoms with E-state index < -0.39 is 0 Å². The van der Waals surface area contributed by atoms with Crippen LogP contribution in [0.5, 0.6) is 0 Å². The molecule has 0 atom stereocenters. The maximum absolute atomic E-state index is 4.45. The van der Waals surface area contributed by atoms with Gasteiger partial charge in [0.15, 0.2) is 0 Å². The summed E-state index contributed by atoms with van der Waals surface area (Å²) < 4.78 is 5.06. The monoisotopic (exact) mass is 668 g/mol. The quantitative estimate of drug-likeness (QED) is 0.181. The van der Waals surface area contributed by atoms with Gasteiger partial charge < -0.3 is 9.47 Å². The van der Waals surface area contributed by atoms with Crippen molar-refractivity contribution in [2.24, 2.45) is 0 Å². The lowest BCUT2D eigenvalue weighted by Gasteiger charge is -2.25. The molecule has 7 aromatic carbocycles. The van der Waals surface area contributed by atoms with Crippen molar-refractivity contribution >= 4 is 70.3 Å². The molecule has 0 saturated carbocycles. The molecule has 3 heteroatoms. The number of fused-ring (bicyclic) bond motifs is 7. The average Bonchev–Trinajstić information content (AvgIpc) is 3.72. The maximum Gasteiger partial charge on any atom is 0.0541 e. The molecule has 3 heterocycles. The van der Waals surface area contributed by atoms with Crippen molar-refractivity contribution in [2.75, 3.05) is 4.90 Å². The van der Waals surface area contributed by atoms with E-state index in [1.807, 2.05) is 11.3 Å². The van der Waals surface area contributed by atoms with E-state index in [2.05, 4.69) is 198 Å². The minimum absolute atomic E-state index is 0.988. The number of allylic oxidation sites excluding steroid dienone is 4. The van der Waals surface area contributed by atoms with E-state index in [9.17, 15) is 0 Å². The molecular weight excluding hydrogens is 637 g/mol. The predicted molar refractivity (Wildman–Crippen MR) is 220 cm³/mol. The highest BCUT2D eigenvalue weighted by atomic mass is 32.1. The molecule has 9 aromatic rings. The Labute approximate surface area is 300 Å². The van der Waals surface area contributed by atoms with Gasteiger partial charge in [0.05, 0.1) is 16.7 Å². The highest BCUT2D eigenvalue weighted by Crippen LogP contribution is 2.40. The lowest BCUT2D eigenvalue weighted by molar-refractivity contribution is 1.18. The predicted octanol–water partition coefficient (Wildman–Crippen LogP) is 13.7. The van der Waals surface area contributed by atoms with Crippen LogP contribution in [0.4, 0.5) is 11.4 Å². The molecule has 0 saturated heterocycles. The van der Waals surface area contributed by atoms with Crippen LogP contribution in [0.3, 0.4) is 0 Å². The summed E-state index contributed by atoms with van der Waals surface area (Å²) in [7, 11) is 0. The van der Waals surface area contributed by atoms with Gasteiger partial charge in [0.2, 0.25) is 0 Å². The third kappa shape index (κ3) is 4.93. The van der Waals surface area contributed by atoms with E-state index in [-0.39, 0.29) is 0 Å². The molecule has 0 amide bonds. The molecule has 10 rings (SSSR count). The largest absolute Gasteiger partial charge is 0.317 e. The Morgan fingerprint density at radius 2 is 1.10 bits per heavy atom. The van der Waals surface area contributed by atoms with Crippen LogP contribution in [0.25, 0.3) is 75.5 Å². The zero-order valence-corrected chi connectivity index (χ0v) is 28.6. The van der Waals surface area contributed by atoms with Gasteiger partial charge in [0, 0.05) is 54.1 Å². The van der Waals surface area contributed by atoms with Gasteiger partial charge >= 0.3 is 0 Å². The minimum atomic E-state index is 0.988. The van der Waals surface area contributed by atoms with Gasteiger partial charge in [-0.15, -0.1) is 11.3 Å². The second kappa shape index (κ2) is 11.9. The SMILES string of the molecule is C=C1/C=C\C=C/N(c2ccccc2)c2ccc(-c3ccc4c(c3)c3ccccc3n4-c3ccc(-c4ccc5sc6ccccc6c5c4)cc3)cc21. The van der Waals surface area contributed by atoms with E-state index in [4.69, 9.17) is 0 Å². The van der Waals surface area contributed by atoms with Crippen molar-refractivity contribution in [1.82, 2.24) is 4.57 Å². The molecule has 2 aromatic heterocycles. The number of hydrogen-bond donors (Lipinski definition) is 0. The van der Waals surface area contributed by atoms with Gasteiger partial charge in [-0.1, -0.05) is 104 Å². The number of rotatable bonds is 4. The Hall–Kier alpha value is -6.42. The van der Waals surface area contributed by atoms with Crippen LogP contribution >= 0.6 is 11.3 Å². The van der Waals surface area contributed by atoms with E-state index in [1.165, 1.54) is 64.2 Å². The Balaban J connectivity index is 1.05. The first-order chi connectivity index (χ1) is 25.2. The molecule has 0 aliphatic carbocycles. The fraction of sp³-hybridized carbons (Fsp3) is 0. The molecular formula is C48H32N2S. The smallest absolute Gasteiger partial charge is 0.0541 e. The van der Waals surface area contributed by atoms with Crippen LogP contribution < -0.4 is 4.90 Å². The number of para-hydroxylation sites is 2. The minimum Gasteiger partial charge on any atom is -0.317 e. The first kappa shape index (κ1) is 29.5. The van der Waals surface area contributed by atoms with Crippen LogP contribution in [0.1, 0.15) is 5.56 Å². The molecule has 0 bridgehead atoms. The summed E-state index contributed by atoms with van der Waals surface area (Å²) >= 11 is 1.86. The molecule has 2 nitrogen and oxygen atoms in total. The summed E-state index contributed by atoms with van der Waals surface area (Å²) in [4.78, 5) is 2.23. The molecule has 0 unspecified atom stereocenters. The average molecular weight is 669 g/mol. The van der Waals surface area contributed by atoms with Crippen LogP contribution in [-0.2, 0) is 0 Å². The summed E-state index contributed by atoms with van der Waals surface area (Å²) in [6.45, 7) is 4.45. The van der Waals surface area contributed by atoms with E-state index in [0.29, 0.717) is 0 Å². The van der Waals surface area contributed by atoms with Crippen molar-refractivity contribution in [2.45, 2.75) is 0 Å². The standard InChI is InChI=1S/C48H32N2S/c1-32-11-9-10-28-49(37-12-3-2-4-13-37)44-25-20-35(29-41(32)44)36-21-26-46-42(30-36)39-14-5-7-16-45(39)50(46)38-23-18-33(19-24-38)34-22-27-48-43(31-34)40-15-6-8-17-47(40)51-48/h2-31H,1H2/b11-9-,28-10-. The second-order valence-electron chi connectivity index (χ2n) is 13.1. The number of nitrogens with zero attached hydrogens (tertiary/aromatic N) is 2. The zero-order valence-electron chi connectivity index (χ0n) is 27.8. The van der Waals surface area contributed by atoms with Gasteiger partial charge in [0.1, 0.15) is 0 Å². The number of aromatic nitrogens is 1. The van der Waals surface area contributed by atoms with Gasteiger partial charge in [-0.05, 0) is 107 Å². The van der Waals surface area contributed by atoms with Crippen LogP contribution in [0.2, 0.25) is 0 Å². The third-order valence-electron chi connectivity index (χ3n) is 10.1. The van der Waals surface area contributed by atoms with Gasteiger partial charge in [0.25, 0.3) is 0 Å². The number of anilines is 2. The summed E-state index contributed by atoms with van der Waals surface area (Å²) in [5, 5.41) is 5.13. The number of benzene rings is 7. The summed E-state index contributed by atoms with van der Waals surface area (Å²) in [6.07, 6.45) is 8.34. The Kier molecular flexibility index (Phi) is 6.87. The molecule has 0 radical (unpaired) electrons. The van der Waals surface area contributed by atoms with Crippen molar-refractivity contribution in [3.63, 3.8) is 0 Å². The van der Waals surface area contributed by atoms with E-state index in [1.54, 1.807) is 0 Å². The van der Waals surface area contributed by atoms with Crippen LogP contribution in [0, 0.1) is 0 Å². The van der Waals surface area contributed by atoms with E-state index >= 15 is 0 Å². The van der Waals surface area contributed by atoms with Crippen molar-refractivity contribution in [1.29, 1.82) is 0 Å². The third-order valence-corrected chi connectivity index (χ3v) is 11.3. The van der Waals surface area contributed by atoms with Gasteiger partial charge in [-0.2, -0.15) is 0 Å². The first-order valence-corrected chi connectivity index (χ1v) is 18.1. The van der Waals surface area contributed by atoms with Crippen molar-refractivity contribution in [3.8, 4) is 27.9 Å². The topological polar surface area (TPSA) is 8.17 Å². The summed E-state index contributed by atoms with van der Waals surface area (Å²) in [5.74, 6) is 0. The summed E-state index contributed by atoms with van der Waals surface area (Å²) in [5.41, 5.74) is 12.7.